The highest BCUT2D eigenvalue weighted by molar-refractivity contribution is 7.67. The minimum absolute atomic E-state index is 0.192. The van der Waals surface area contributed by atoms with E-state index in [0.29, 0.717) is 0 Å². The van der Waals surface area contributed by atoms with Gasteiger partial charge in [-0.2, -0.15) is 0 Å². The molecule has 0 rings (SSSR count). The van der Waals surface area contributed by atoms with Gasteiger partial charge in [0.15, 0.2) is 12.7 Å². The summed E-state index contributed by atoms with van der Waals surface area (Å²) >= 11 is 0. The van der Waals surface area contributed by atoms with E-state index < -0.39 is 23.1 Å². The molecule has 1 atom stereocenters. The van der Waals surface area contributed by atoms with E-state index >= 15 is 0 Å². The summed E-state index contributed by atoms with van der Waals surface area (Å²) in [5.74, 6) is 1.26. The average molecular weight is 192 g/mol. The van der Waals surface area contributed by atoms with E-state index in [-0.39, 0.29) is 6.61 Å². The van der Waals surface area contributed by atoms with Gasteiger partial charge in [-0.05, 0) is 6.92 Å². The molecule has 0 aliphatic rings. The van der Waals surface area contributed by atoms with Crippen LogP contribution < -0.4 is 0 Å². The molecule has 0 saturated carbocycles. The van der Waals surface area contributed by atoms with Gasteiger partial charge in [-0.25, -0.2) is 13.2 Å². The van der Waals surface area contributed by atoms with Gasteiger partial charge in [-0.15, -0.1) is 6.42 Å². The lowest BCUT2D eigenvalue weighted by Crippen LogP contribution is -2.22. The SMILES string of the molecule is C#CCOC(=O)C(C)O[SH](=O)=O. The Hall–Kier alpha value is -1.06. The minimum Gasteiger partial charge on any atom is -0.451 e. The maximum Gasteiger partial charge on any atom is 0.337 e. The van der Waals surface area contributed by atoms with Crippen molar-refractivity contribution in [3.8, 4) is 12.3 Å². The van der Waals surface area contributed by atoms with Gasteiger partial charge in [-0.1, -0.05) is 5.92 Å². The molecule has 6 heteroatoms. The number of carbonyl (C=O) groups is 1. The summed E-state index contributed by atoms with van der Waals surface area (Å²) in [6.45, 7) is 1.06. The van der Waals surface area contributed by atoms with Crippen molar-refractivity contribution in [1.29, 1.82) is 0 Å². The van der Waals surface area contributed by atoms with Gasteiger partial charge in [0.25, 0.3) is 11.0 Å². The van der Waals surface area contributed by atoms with Crippen LogP contribution in [0.5, 0.6) is 0 Å². The van der Waals surface area contributed by atoms with Gasteiger partial charge in [-0.3, -0.25) is 4.18 Å². The number of terminal acetylenes is 1. The molecule has 0 saturated heterocycles. The van der Waals surface area contributed by atoms with Gasteiger partial charge >= 0.3 is 5.97 Å². The second-order valence-corrected chi connectivity index (χ2v) is 2.44. The maximum atomic E-state index is 10.7. The second-order valence-electron chi connectivity index (χ2n) is 1.78. The first-order valence-electron chi connectivity index (χ1n) is 2.99. The first-order chi connectivity index (χ1) is 5.57. The smallest absolute Gasteiger partial charge is 0.337 e. The van der Waals surface area contributed by atoms with Crippen molar-refractivity contribution in [1.82, 2.24) is 0 Å². The van der Waals surface area contributed by atoms with E-state index in [0.717, 1.165) is 0 Å². The van der Waals surface area contributed by atoms with E-state index in [1.165, 1.54) is 6.92 Å². The minimum atomic E-state index is -3.04. The first kappa shape index (κ1) is 10.9. The summed E-state index contributed by atoms with van der Waals surface area (Å²) in [6, 6.07) is 0. The molecule has 0 aliphatic heterocycles. The number of carbonyl (C=O) groups excluding carboxylic acids is 1. The van der Waals surface area contributed by atoms with Crippen molar-refractivity contribution in [3.05, 3.63) is 0 Å². The molecule has 0 aliphatic carbocycles. The Morgan fingerprint density at radius 3 is 2.67 bits per heavy atom. The van der Waals surface area contributed by atoms with Crippen molar-refractivity contribution in [2.75, 3.05) is 6.61 Å². The lowest BCUT2D eigenvalue weighted by atomic mass is 10.4. The molecule has 0 spiro atoms. The highest BCUT2D eigenvalue weighted by Gasteiger charge is 2.15. The summed E-state index contributed by atoms with van der Waals surface area (Å²) in [5, 5.41) is 0. The van der Waals surface area contributed by atoms with E-state index in [2.05, 4.69) is 14.8 Å². The Kier molecular flexibility index (Phi) is 5.08. The standard InChI is InChI=1S/C6H8O5S/c1-3-4-10-6(7)5(2)11-12(8)9/h1,5,12H,4H2,2H3. The Morgan fingerprint density at radius 2 is 2.25 bits per heavy atom. The topological polar surface area (TPSA) is 69.7 Å². The molecular formula is C6H8O5S. The largest absolute Gasteiger partial charge is 0.451 e. The van der Waals surface area contributed by atoms with Crippen LogP contribution in [0.4, 0.5) is 0 Å². The quantitative estimate of drug-likeness (QED) is 0.355. The fourth-order valence-corrected chi connectivity index (χ4v) is 0.747. The van der Waals surface area contributed by atoms with Gasteiger partial charge in [0.1, 0.15) is 0 Å². The molecule has 68 valence electrons. The molecule has 0 fully saturated rings. The molecule has 0 aromatic rings. The van der Waals surface area contributed by atoms with Crippen LogP contribution in [0.15, 0.2) is 0 Å². The number of hydrogen-bond donors (Lipinski definition) is 1. The number of esters is 1. The fraction of sp³-hybridized carbons (Fsp3) is 0.500. The summed E-state index contributed by atoms with van der Waals surface area (Å²) in [7, 11) is -3.04. The van der Waals surface area contributed by atoms with Crippen LogP contribution in [0, 0.1) is 12.3 Å². The lowest BCUT2D eigenvalue weighted by Gasteiger charge is -2.05. The van der Waals surface area contributed by atoms with E-state index in [4.69, 9.17) is 6.42 Å². The Bertz CT molecular complexity index is 254. The monoisotopic (exact) mass is 192 g/mol. The number of rotatable bonds is 4. The molecular weight excluding hydrogens is 184 g/mol. The normalized spacial score (nSPS) is 12.1. The summed E-state index contributed by atoms with van der Waals surface area (Å²) in [6.07, 6.45) is 3.65. The zero-order valence-electron chi connectivity index (χ0n) is 6.35. The van der Waals surface area contributed by atoms with Crippen LogP contribution >= 0.6 is 0 Å². The fourth-order valence-electron chi connectivity index (χ4n) is 0.402. The number of thiol groups is 1. The third-order valence-corrected chi connectivity index (χ3v) is 1.36. The molecule has 5 nitrogen and oxygen atoms in total. The van der Waals surface area contributed by atoms with Crippen LogP contribution in [-0.2, 0) is 24.7 Å². The lowest BCUT2D eigenvalue weighted by molar-refractivity contribution is -0.149. The third kappa shape index (κ3) is 4.71. The van der Waals surface area contributed by atoms with Crippen LogP contribution in [0.2, 0.25) is 0 Å². The van der Waals surface area contributed by atoms with Crippen molar-refractivity contribution in [3.63, 3.8) is 0 Å². The van der Waals surface area contributed by atoms with Gasteiger partial charge in [0.05, 0.1) is 0 Å². The maximum absolute atomic E-state index is 10.7. The predicted octanol–water partition coefficient (Wildman–Crippen LogP) is -0.906. The molecule has 0 N–H and O–H groups in total. The van der Waals surface area contributed by atoms with Crippen molar-refractivity contribution >= 4 is 17.0 Å². The molecule has 1 unspecified atom stereocenters. The third-order valence-electron chi connectivity index (χ3n) is 0.874. The van der Waals surface area contributed by atoms with Crippen molar-refractivity contribution in [2.45, 2.75) is 13.0 Å². The Balaban J connectivity index is 3.86. The Morgan fingerprint density at radius 1 is 1.67 bits per heavy atom. The number of hydrogen-bond acceptors (Lipinski definition) is 5. The zero-order chi connectivity index (χ0) is 9.56. The van der Waals surface area contributed by atoms with E-state index in [1.807, 2.05) is 0 Å². The van der Waals surface area contributed by atoms with Gasteiger partial charge < -0.3 is 4.74 Å². The van der Waals surface area contributed by atoms with Crippen LogP contribution in [0.3, 0.4) is 0 Å². The molecule has 0 heterocycles. The average Bonchev–Trinajstić information content (AvgIpc) is 1.98. The first-order valence-corrected chi connectivity index (χ1v) is 4.08. The molecule has 0 bridgehead atoms. The zero-order valence-corrected chi connectivity index (χ0v) is 7.24. The van der Waals surface area contributed by atoms with Crippen molar-refractivity contribution in [2.24, 2.45) is 0 Å². The van der Waals surface area contributed by atoms with Gasteiger partial charge in [0, 0.05) is 0 Å². The summed E-state index contributed by atoms with van der Waals surface area (Å²) < 4.78 is 28.4. The van der Waals surface area contributed by atoms with Crippen LogP contribution in [0.25, 0.3) is 0 Å². The summed E-state index contributed by atoms with van der Waals surface area (Å²) in [5.41, 5.74) is 0. The molecule has 0 radical (unpaired) electrons. The highest BCUT2D eigenvalue weighted by Crippen LogP contribution is 1.93. The van der Waals surface area contributed by atoms with Crippen LogP contribution in [-0.4, -0.2) is 27.1 Å². The second kappa shape index (κ2) is 5.57. The molecule has 12 heavy (non-hydrogen) atoms. The van der Waals surface area contributed by atoms with E-state index in [1.54, 1.807) is 0 Å². The molecule has 0 aromatic carbocycles. The van der Waals surface area contributed by atoms with Crippen LogP contribution in [0.1, 0.15) is 6.92 Å². The predicted molar refractivity (Wildman–Crippen MR) is 40.7 cm³/mol. The Labute approximate surface area is 71.8 Å². The molecule has 0 amide bonds. The number of ether oxygens (including phenoxy) is 1. The van der Waals surface area contributed by atoms with E-state index in [9.17, 15) is 13.2 Å². The summed E-state index contributed by atoms with van der Waals surface area (Å²) in [4.78, 5) is 10.7. The highest BCUT2D eigenvalue weighted by atomic mass is 32.2. The van der Waals surface area contributed by atoms with Crippen molar-refractivity contribution < 1.29 is 22.1 Å². The molecule has 0 aromatic heterocycles. The van der Waals surface area contributed by atoms with Gasteiger partial charge in [0.2, 0.25) is 0 Å².